The number of nitrogens with two attached hydrogens (primary N) is 1. The van der Waals surface area contributed by atoms with Crippen molar-refractivity contribution in [2.75, 3.05) is 13.2 Å². The lowest BCUT2D eigenvalue weighted by Crippen LogP contribution is -2.36. The molecule has 0 bridgehead atoms. The van der Waals surface area contributed by atoms with E-state index in [-0.39, 0.29) is 31.1 Å². The fourth-order valence-corrected chi connectivity index (χ4v) is 4.64. The first-order valence-electron chi connectivity index (χ1n) is 13.2. The first-order valence-corrected chi connectivity index (χ1v) is 15.0. The van der Waals surface area contributed by atoms with E-state index in [1.165, 1.54) is 68.6 Å². The summed E-state index contributed by atoms with van der Waals surface area (Å²) in [5.41, 5.74) is -2.36. The lowest BCUT2D eigenvalue weighted by atomic mass is 9.95. The van der Waals surface area contributed by atoms with Crippen LogP contribution >= 0.6 is 22.7 Å². The van der Waals surface area contributed by atoms with E-state index in [1.807, 2.05) is 0 Å². The highest BCUT2D eigenvalue weighted by molar-refractivity contribution is 7.12. The molecule has 14 nitrogen and oxygen atoms in total. The topological polar surface area (TPSA) is 202 Å². The third-order valence-corrected chi connectivity index (χ3v) is 7.80. The average molecular weight is 659 g/mol. The number of nitroso groups, excluding NO2 is 1. The lowest BCUT2D eigenvalue weighted by molar-refractivity contribution is -0.149. The predicted molar refractivity (Wildman–Crippen MR) is 162 cm³/mol. The zero-order valence-corrected chi connectivity index (χ0v) is 26.3. The molecule has 0 aliphatic rings. The number of ether oxygens (including phenoxy) is 4. The standard InChI is InChI=1S/C29H30N4O10S2/c1-28(2,15-40-24(35)21-7-5-11-44-21)26(37)42-19-10-9-17(13-18(31-33-30)23(34)32-39)14-20(19)43-27(38)29(3,4)16-41-25(36)22-8-6-12-45-22/h5-12,14,18H,13,15-16H2,1-4H3,(H2,30,31)/t18-/m0/s1. The van der Waals surface area contributed by atoms with Gasteiger partial charge in [-0.3, -0.25) is 14.4 Å². The Morgan fingerprint density at radius 2 is 1.31 bits per heavy atom. The maximum absolute atomic E-state index is 13.3. The van der Waals surface area contributed by atoms with Gasteiger partial charge in [-0.15, -0.1) is 27.6 Å². The third kappa shape index (κ3) is 9.58. The van der Waals surface area contributed by atoms with Gasteiger partial charge < -0.3 is 24.8 Å². The molecule has 3 aromatic rings. The van der Waals surface area contributed by atoms with Gasteiger partial charge in [-0.2, -0.15) is 5.11 Å². The molecule has 0 saturated heterocycles. The molecular formula is C29H30N4O10S2. The van der Waals surface area contributed by atoms with Crippen molar-refractivity contribution in [2.45, 2.75) is 40.2 Å². The number of carbonyl (C=O) groups excluding carboxylic acids is 5. The maximum atomic E-state index is 13.3. The summed E-state index contributed by atoms with van der Waals surface area (Å²) in [5.74, 6) is 0.640. The molecule has 2 N–H and O–H groups in total. The Kier molecular flexibility index (Phi) is 11.7. The van der Waals surface area contributed by atoms with E-state index in [4.69, 9.17) is 24.8 Å². The molecule has 0 unspecified atom stereocenters. The molecule has 2 aromatic heterocycles. The molecule has 0 radical (unpaired) electrons. The van der Waals surface area contributed by atoms with Gasteiger partial charge in [0.25, 0.3) is 0 Å². The minimum absolute atomic E-state index is 0.182. The molecule has 0 fully saturated rings. The summed E-state index contributed by atoms with van der Waals surface area (Å²) >= 11 is 2.37. The Morgan fingerprint density at radius 3 is 1.76 bits per heavy atom. The summed E-state index contributed by atoms with van der Waals surface area (Å²) in [6.45, 7) is 5.34. The van der Waals surface area contributed by atoms with Crippen molar-refractivity contribution in [1.82, 2.24) is 0 Å². The van der Waals surface area contributed by atoms with Gasteiger partial charge in [-0.25, -0.2) is 9.59 Å². The summed E-state index contributed by atoms with van der Waals surface area (Å²) in [6.07, 6.45) is -0.212. The predicted octanol–water partition coefficient (Wildman–Crippen LogP) is 4.92. The fraction of sp³-hybridized carbons (Fsp3) is 0.345. The zero-order valence-electron chi connectivity index (χ0n) is 24.7. The summed E-state index contributed by atoms with van der Waals surface area (Å²) in [6, 6.07) is 9.24. The smallest absolute Gasteiger partial charge is 0.348 e. The van der Waals surface area contributed by atoms with Crippen LogP contribution in [-0.4, -0.2) is 49.0 Å². The molecule has 0 spiro atoms. The van der Waals surface area contributed by atoms with Crippen molar-refractivity contribution in [3.63, 3.8) is 0 Å². The summed E-state index contributed by atoms with van der Waals surface area (Å²) in [4.78, 5) is 74.5. The van der Waals surface area contributed by atoms with E-state index < -0.39 is 46.7 Å². The molecule has 16 heteroatoms. The number of rotatable bonds is 14. The van der Waals surface area contributed by atoms with Gasteiger partial charge in [0.1, 0.15) is 23.0 Å². The van der Waals surface area contributed by atoms with Crippen LogP contribution in [0.25, 0.3) is 0 Å². The molecule has 238 valence electrons. The third-order valence-electron chi connectivity index (χ3n) is 6.10. The van der Waals surface area contributed by atoms with Crippen LogP contribution in [-0.2, 0) is 30.3 Å². The second-order valence-electron chi connectivity index (χ2n) is 10.8. The van der Waals surface area contributed by atoms with Crippen molar-refractivity contribution >= 4 is 52.5 Å². The average Bonchev–Trinajstić information content (AvgIpc) is 3.75. The highest BCUT2D eigenvalue weighted by Crippen LogP contribution is 2.34. The minimum Gasteiger partial charge on any atom is -0.460 e. The number of esters is 4. The number of amides is 1. The Morgan fingerprint density at radius 1 is 0.800 bits per heavy atom. The Hall–Kier alpha value is -4.83. The number of benzene rings is 1. The molecule has 45 heavy (non-hydrogen) atoms. The van der Waals surface area contributed by atoms with Crippen molar-refractivity contribution in [3.8, 4) is 11.5 Å². The molecule has 1 aromatic carbocycles. The van der Waals surface area contributed by atoms with Crippen LogP contribution in [0.2, 0.25) is 0 Å². The highest BCUT2D eigenvalue weighted by atomic mass is 32.1. The van der Waals surface area contributed by atoms with Crippen LogP contribution in [0.1, 0.15) is 52.6 Å². The zero-order chi connectivity index (χ0) is 33.2. The van der Waals surface area contributed by atoms with E-state index in [0.717, 1.165) is 0 Å². The molecule has 0 aliphatic heterocycles. The molecule has 0 saturated carbocycles. The number of carbonyl (C=O) groups is 5. The first kappa shape index (κ1) is 34.7. The molecule has 1 amide bonds. The quantitative estimate of drug-likeness (QED) is 0.0615. The van der Waals surface area contributed by atoms with Gasteiger partial charge in [0.05, 0.1) is 10.8 Å². The number of hydrogen-bond donors (Lipinski definition) is 1. The van der Waals surface area contributed by atoms with E-state index in [0.29, 0.717) is 15.3 Å². The number of hydrogen-bond acceptors (Lipinski definition) is 14. The molecule has 2 heterocycles. The Bertz CT molecular complexity index is 1570. The highest BCUT2D eigenvalue weighted by Gasteiger charge is 2.35. The van der Waals surface area contributed by atoms with Crippen LogP contribution in [0.3, 0.4) is 0 Å². The van der Waals surface area contributed by atoms with Crippen molar-refractivity contribution in [1.29, 1.82) is 0 Å². The Balaban J connectivity index is 1.83. The number of nitrogens with zero attached hydrogens (tertiary/aromatic N) is 3. The lowest BCUT2D eigenvalue weighted by Gasteiger charge is -2.24. The summed E-state index contributed by atoms with van der Waals surface area (Å²) < 4.78 is 21.8. The van der Waals surface area contributed by atoms with Gasteiger partial charge in [-0.05, 0) is 68.3 Å². The molecular weight excluding hydrogens is 628 g/mol. The van der Waals surface area contributed by atoms with E-state index in [1.54, 1.807) is 35.0 Å². The van der Waals surface area contributed by atoms with E-state index >= 15 is 0 Å². The van der Waals surface area contributed by atoms with E-state index in [2.05, 4.69) is 15.5 Å². The molecule has 1 atom stereocenters. The van der Waals surface area contributed by atoms with E-state index in [9.17, 15) is 28.9 Å². The second kappa shape index (κ2) is 15.3. The maximum Gasteiger partial charge on any atom is 0.348 e. The SMILES string of the molecule is CC(C)(COC(=O)c1cccs1)C(=O)Oc1ccc(C[C@H](N=NN)C(=O)N=O)cc1OC(=O)C(C)(C)COC(=O)c1cccs1. The summed E-state index contributed by atoms with van der Waals surface area (Å²) in [7, 11) is 0. The van der Waals surface area contributed by atoms with Gasteiger partial charge in [0.15, 0.2) is 17.5 Å². The second-order valence-corrected chi connectivity index (χ2v) is 12.7. The van der Waals surface area contributed by atoms with Gasteiger partial charge >= 0.3 is 29.8 Å². The van der Waals surface area contributed by atoms with Gasteiger partial charge in [0.2, 0.25) is 0 Å². The minimum atomic E-state index is -1.35. The van der Waals surface area contributed by atoms with Crippen LogP contribution in [0.15, 0.2) is 68.7 Å². The van der Waals surface area contributed by atoms with Crippen molar-refractivity contribution < 1.29 is 42.9 Å². The largest absolute Gasteiger partial charge is 0.460 e. The van der Waals surface area contributed by atoms with Gasteiger partial charge in [-0.1, -0.05) is 23.4 Å². The number of thiophene rings is 2. The molecule has 0 aliphatic carbocycles. The normalized spacial score (nSPS) is 12.3. The van der Waals surface area contributed by atoms with Gasteiger partial charge in [0, 0.05) is 11.6 Å². The van der Waals surface area contributed by atoms with Crippen LogP contribution in [0, 0.1) is 15.7 Å². The van der Waals surface area contributed by atoms with Crippen molar-refractivity contribution in [3.05, 3.63) is 73.4 Å². The van der Waals surface area contributed by atoms with Crippen LogP contribution in [0.5, 0.6) is 11.5 Å². The summed E-state index contributed by atoms with van der Waals surface area (Å²) in [5, 5.41) is 12.4. The molecule has 3 rings (SSSR count). The Labute approximate surface area is 265 Å². The van der Waals surface area contributed by atoms with Crippen molar-refractivity contribution in [2.24, 2.45) is 32.2 Å². The fourth-order valence-electron chi connectivity index (χ4n) is 3.40. The van der Waals surface area contributed by atoms with Crippen LogP contribution < -0.4 is 15.3 Å². The monoisotopic (exact) mass is 658 g/mol. The van der Waals surface area contributed by atoms with Crippen LogP contribution in [0.4, 0.5) is 0 Å². The first-order chi connectivity index (χ1) is 21.3.